The van der Waals surface area contributed by atoms with Crippen molar-refractivity contribution in [3.05, 3.63) is 46.6 Å². The average Bonchev–Trinajstić information content (AvgIpc) is 2.97. The van der Waals surface area contributed by atoms with Gasteiger partial charge < -0.3 is 8.94 Å². The molecule has 0 aliphatic heterocycles. The summed E-state index contributed by atoms with van der Waals surface area (Å²) >= 11 is 3.24. The Balaban J connectivity index is 1.99. The summed E-state index contributed by atoms with van der Waals surface area (Å²) < 4.78 is 11.2. The van der Waals surface area contributed by atoms with Crippen molar-refractivity contribution < 1.29 is 8.94 Å². The summed E-state index contributed by atoms with van der Waals surface area (Å²) in [5, 5.41) is 3.91. The Morgan fingerprint density at radius 3 is 2.78 bits per heavy atom. The molecule has 0 aliphatic rings. The fraction of sp³-hybridized carbons (Fsp3) is 0.0769. The summed E-state index contributed by atoms with van der Waals surface area (Å²) in [6.07, 6.45) is 0. The van der Waals surface area contributed by atoms with E-state index in [1.54, 1.807) is 12.1 Å². The van der Waals surface area contributed by atoms with E-state index in [1.165, 1.54) is 0 Å². The molecule has 18 heavy (non-hydrogen) atoms. The van der Waals surface area contributed by atoms with Gasteiger partial charge in [-0.1, -0.05) is 22.9 Å². The number of benzene rings is 1. The lowest BCUT2D eigenvalue weighted by molar-refractivity contribution is 0.429. The predicted molar refractivity (Wildman–Crippen MR) is 69.9 cm³/mol. The normalized spacial score (nSPS) is 10.8. The molecule has 0 atom stereocenters. The maximum absolute atomic E-state index is 5.37. The Hall–Kier alpha value is -1.88. The molecular weight excluding hydrogens is 296 g/mol. The molecule has 0 N–H and O–H groups in total. The van der Waals surface area contributed by atoms with Crippen molar-refractivity contribution in [2.24, 2.45) is 0 Å². The van der Waals surface area contributed by atoms with E-state index in [4.69, 9.17) is 8.94 Å². The molecule has 0 unspecified atom stereocenters. The van der Waals surface area contributed by atoms with E-state index in [2.05, 4.69) is 26.1 Å². The second-order valence-electron chi connectivity index (χ2n) is 3.90. The van der Waals surface area contributed by atoms with Crippen LogP contribution in [0.1, 0.15) is 5.56 Å². The molecule has 0 radical (unpaired) electrons. The molecule has 0 amide bonds. The Labute approximate surface area is 112 Å². The third kappa shape index (κ3) is 2.09. The van der Waals surface area contributed by atoms with Crippen LogP contribution in [0, 0.1) is 6.92 Å². The second kappa shape index (κ2) is 4.42. The highest BCUT2D eigenvalue weighted by atomic mass is 79.9. The first kappa shape index (κ1) is 11.2. The van der Waals surface area contributed by atoms with Gasteiger partial charge in [-0.15, -0.1) is 0 Å². The predicted octanol–water partition coefficient (Wildman–Crippen LogP) is 4.07. The molecule has 2 aromatic heterocycles. The van der Waals surface area contributed by atoms with Crippen molar-refractivity contribution in [1.29, 1.82) is 0 Å². The standard InChI is InChI=1S/C13H9BrN2O2/c1-8-3-2-4-9(7-8)13-15-12(16-18-13)10-5-6-11(14)17-10/h2-7H,1H3. The van der Waals surface area contributed by atoms with Crippen LogP contribution in [0.3, 0.4) is 0 Å². The Morgan fingerprint density at radius 2 is 2.06 bits per heavy atom. The first-order valence-electron chi connectivity index (χ1n) is 5.39. The van der Waals surface area contributed by atoms with Gasteiger partial charge in [-0.05, 0) is 47.1 Å². The third-order valence-corrected chi connectivity index (χ3v) is 2.91. The van der Waals surface area contributed by atoms with Crippen LogP contribution in [0.15, 0.2) is 50.0 Å². The lowest BCUT2D eigenvalue weighted by Gasteiger charge is -1.94. The van der Waals surface area contributed by atoms with Gasteiger partial charge in [-0.25, -0.2) is 0 Å². The van der Waals surface area contributed by atoms with Crippen LogP contribution < -0.4 is 0 Å². The topological polar surface area (TPSA) is 52.1 Å². The van der Waals surface area contributed by atoms with E-state index < -0.39 is 0 Å². The highest BCUT2D eigenvalue weighted by molar-refractivity contribution is 9.10. The molecule has 5 heteroatoms. The largest absolute Gasteiger partial charge is 0.446 e. The number of nitrogens with zero attached hydrogens (tertiary/aromatic N) is 2. The van der Waals surface area contributed by atoms with Gasteiger partial charge >= 0.3 is 0 Å². The molecule has 1 aromatic carbocycles. The quantitative estimate of drug-likeness (QED) is 0.716. The van der Waals surface area contributed by atoms with Crippen LogP contribution in [-0.4, -0.2) is 10.1 Å². The van der Waals surface area contributed by atoms with E-state index in [1.807, 2.05) is 31.2 Å². The molecule has 3 aromatic rings. The maximum atomic E-state index is 5.37. The Kier molecular flexibility index (Phi) is 2.76. The van der Waals surface area contributed by atoms with Gasteiger partial charge in [0.25, 0.3) is 5.89 Å². The number of hydrogen-bond donors (Lipinski definition) is 0. The molecule has 90 valence electrons. The molecule has 0 bridgehead atoms. The van der Waals surface area contributed by atoms with Gasteiger partial charge in [0.15, 0.2) is 10.4 Å². The van der Waals surface area contributed by atoms with Crippen LogP contribution in [0.25, 0.3) is 23.0 Å². The Morgan fingerprint density at radius 1 is 1.17 bits per heavy atom. The SMILES string of the molecule is Cc1cccc(-c2nc(-c3ccc(Br)o3)no2)c1. The Bertz CT molecular complexity index is 688. The summed E-state index contributed by atoms with van der Waals surface area (Å²) in [5.74, 6) is 1.50. The lowest BCUT2D eigenvalue weighted by atomic mass is 10.1. The number of aromatic nitrogens is 2. The van der Waals surface area contributed by atoms with Crippen LogP contribution in [0.4, 0.5) is 0 Å². The van der Waals surface area contributed by atoms with Crippen LogP contribution in [-0.2, 0) is 0 Å². The highest BCUT2D eigenvalue weighted by Crippen LogP contribution is 2.25. The lowest BCUT2D eigenvalue weighted by Crippen LogP contribution is -1.80. The van der Waals surface area contributed by atoms with Crippen molar-refractivity contribution >= 4 is 15.9 Å². The molecule has 0 saturated carbocycles. The van der Waals surface area contributed by atoms with Crippen molar-refractivity contribution in [3.63, 3.8) is 0 Å². The first-order chi connectivity index (χ1) is 8.72. The van der Waals surface area contributed by atoms with Crippen molar-refractivity contribution in [3.8, 4) is 23.0 Å². The fourth-order valence-corrected chi connectivity index (χ4v) is 1.96. The number of aryl methyl sites for hydroxylation is 1. The minimum Gasteiger partial charge on any atom is -0.446 e. The zero-order valence-electron chi connectivity index (χ0n) is 9.55. The van der Waals surface area contributed by atoms with Crippen LogP contribution in [0.5, 0.6) is 0 Å². The van der Waals surface area contributed by atoms with E-state index in [9.17, 15) is 0 Å². The molecule has 0 saturated heterocycles. The summed E-state index contributed by atoms with van der Waals surface area (Å²) in [6, 6.07) is 11.5. The second-order valence-corrected chi connectivity index (χ2v) is 4.68. The van der Waals surface area contributed by atoms with Gasteiger partial charge in [0, 0.05) is 5.56 Å². The van der Waals surface area contributed by atoms with Crippen molar-refractivity contribution in [2.45, 2.75) is 6.92 Å². The van der Waals surface area contributed by atoms with Crippen molar-refractivity contribution in [2.75, 3.05) is 0 Å². The highest BCUT2D eigenvalue weighted by Gasteiger charge is 2.13. The minimum atomic E-state index is 0.442. The van der Waals surface area contributed by atoms with Gasteiger partial charge in [0.05, 0.1) is 0 Å². The van der Waals surface area contributed by atoms with E-state index in [0.29, 0.717) is 22.1 Å². The fourth-order valence-electron chi connectivity index (χ4n) is 1.65. The first-order valence-corrected chi connectivity index (χ1v) is 6.18. The number of halogens is 1. The van der Waals surface area contributed by atoms with Gasteiger partial charge in [0.1, 0.15) is 0 Å². The number of hydrogen-bond acceptors (Lipinski definition) is 4. The molecule has 2 heterocycles. The van der Waals surface area contributed by atoms with E-state index in [-0.39, 0.29) is 0 Å². The summed E-state index contributed by atoms with van der Waals surface area (Å²) in [7, 11) is 0. The molecule has 4 nitrogen and oxygen atoms in total. The summed E-state index contributed by atoms with van der Waals surface area (Å²) in [6.45, 7) is 2.02. The van der Waals surface area contributed by atoms with E-state index in [0.717, 1.165) is 11.1 Å². The maximum Gasteiger partial charge on any atom is 0.258 e. The van der Waals surface area contributed by atoms with Gasteiger partial charge in [-0.2, -0.15) is 4.98 Å². The number of rotatable bonds is 2. The summed E-state index contributed by atoms with van der Waals surface area (Å²) in [5.41, 5.74) is 2.05. The van der Waals surface area contributed by atoms with Crippen LogP contribution >= 0.6 is 15.9 Å². The van der Waals surface area contributed by atoms with E-state index >= 15 is 0 Å². The van der Waals surface area contributed by atoms with Crippen LogP contribution in [0.2, 0.25) is 0 Å². The van der Waals surface area contributed by atoms with Gasteiger partial charge in [0.2, 0.25) is 5.82 Å². The zero-order chi connectivity index (χ0) is 12.5. The summed E-state index contributed by atoms with van der Waals surface area (Å²) in [4.78, 5) is 4.31. The molecule has 3 rings (SSSR count). The average molecular weight is 305 g/mol. The smallest absolute Gasteiger partial charge is 0.258 e. The van der Waals surface area contributed by atoms with Gasteiger partial charge in [-0.3, -0.25) is 0 Å². The monoisotopic (exact) mass is 304 g/mol. The number of furan rings is 1. The molecule has 0 fully saturated rings. The minimum absolute atomic E-state index is 0.442. The third-order valence-electron chi connectivity index (χ3n) is 2.48. The zero-order valence-corrected chi connectivity index (χ0v) is 11.1. The molecule has 0 spiro atoms. The molecular formula is C13H9BrN2O2. The molecule has 0 aliphatic carbocycles. The van der Waals surface area contributed by atoms with Crippen molar-refractivity contribution in [1.82, 2.24) is 10.1 Å².